The molecule has 1 nitrogen and oxygen atoms in total. The Bertz CT molecular complexity index is 157. The molecule has 0 spiro atoms. The van der Waals surface area contributed by atoms with E-state index in [2.05, 4.69) is 19.6 Å². The Kier molecular flexibility index (Phi) is 13.1. The van der Waals surface area contributed by atoms with Crippen LogP contribution in [0.2, 0.25) is 0 Å². The summed E-state index contributed by atoms with van der Waals surface area (Å²) >= 11 is 4.16. The molecular formula is C14H28OS. The molecule has 0 aliphatic heterocycles. The lowest BCUT2D eigenvalue weighted by molar-refractivity contribution is -0.119. The van der Waals surface area contributed by atoms with Crippen molar-refractivity contribution in [2.24, 2.45) is 0 Å². The van der Waals surface area contributed by atoms with Crippen LogP contribution in [-0.2, 0) is 4.79 Å². The fourth-order valence-corrected chi connectivity index (χ4v) is 2.06. The second-order valence-corrected chi connectivity index (χ2v) is 5.04. The summed E-state index contributed by atoms with van der Waals surface area (Å²) in [5, 5.41) is 0. The lowest BCUT2D eigenvalue weighted by Gasteiger charge is -2.01. The van der Waals surface area contributed by atoms with Crippen LogP contribution in [0, 0.1) is 0 Å². The third kappa shape index (κ3) is 12.1. The van der Waals surface area contributed by atoms with Gasteiger partial charge in [-0.25, -0.2) is 0 Å². The van der Waals surface area contributed by atoms with Gasteiger partial charge < -0.3 is 0 Å². The van der Waals surface area contributed by atoms with Gasteiger partial charge in [-0.15, -0.1) is 0 Å². The molecule has 2 heteroatoms. The average Bonchev–Trinajstić information content (AvgIpc) is 2.29. The summed E-state index contributed by atoms with van der Waals surface area (Å²) in [4.78, 5) is 11.5. The fraction of sp³-hybridized carbons (Fsp3) is 0.929. The summed E-state index contributed by atoms with van der Waals surface area (Å²) in [5.74, 6) is 1.42. The maximum absolute atomic E-state index is 11.5. The highest BCUT2D eigenvalue weighted by Gasteiger charge is 2.01. The van der Waals surface area contributed by atoms with Crippen LogP contribution in [0.3, 0.4) is 0 Å². The van der Waals surface area contributed by atoms with Crippen LogP contribution in [0.15, 0.2) is 0 Å². The molecule has 0 unspecified atom stereocenters. The van der Waals surface area contributed by atoms with E-state index in [4.69, 9.17) is 0 Å². The summed E-state index contributed by atoms with van der Waals surface area (Å²) in [7, 11) is 0. The largest absolute Gasteiger partial charge is 0.300 e. The quantitative estimate of drug-likeness (QED) is 0.385. The van der Waals surface area contributed by atoms with E-state index in [-0.39, 0.29) is 0 Å². The first kappa shape index (κ1) is 16.0. The molecule has 0 saturated carbocycles. The SMILES string of the molecule is CCCCCCCCC(=O)CCCCCS. The topological polar surface area (TPSA) is 17.1 Å². The molecule has 0 heterocycles. The van der Waals surface area contributed by atoms with Gasteiger partial charge in [-0.2, -0.15) is 12.6 Å². The highest BCUT2D eigenvalue weighted by atomic mass is 32.1. The smallest absolute Gasteiger partial charge is 0.132 e. The molecule has 0 fully saturated rings. The van der Waals surface area contributed by atoms with E-state index in [1.54, 1.807) is 0 Å². The fourth-order valence-electron chi connectivity index (χ4n) is 1.84. The molecule has 0 aliphatic carbocycles. The van der Waals surface area contributed by atoms with E-state index in [1.807, 2.05) is 0 Å². The minimum atomic E-state index is 0.467. The van der Waals surface area contributed by atoms with Crippen molar-refractivity contribution < 1.29 is 4.79 Å². The van der Waals surface area contributed by atoms with E-state index in [1.165, 1.54) is 32.1 Å². The van der Waals surface area contributed by atoms with Crippen LogP contribution in [0.5, 0.6) is 0 Å². The van der Waals surface area contributed by atoms with Gasteiger partial charge in [0.2, 0.25) is 0 Å². The number of Topliss-reactive ketones (excluding diaryl/α,β-unsaturated/α-hetero) is 1. The van der Waals surface area contributed by atoms with Crippen molar-refractivity contribution in [3.05, 3.63) is 0 Å². The second kappa shape index (κ2) is 13.1. The minimum absolute atomic E-state index is 0.467. The van der Waals surface area contributed by atoms with Crippen molar-refractivity contribution in [3.63, 3.8) is 0 Å². The maximum Gasteiger partial charge on any atom is 0.132 e. The Morgan fingerprint density at radius 3 is 1.88 bits per heavy atom. The van der Waals surface area contributed by atoms with Gasteiger partial charge in [0.15, 0.2) is 0 Å². The van der Waals surface area contributed by atoms with Crippen LogP contribution in [0.4, 0.5) is 0 Å². The second-order valence-electron chi connectivity index (χ2n) is 4.59. The zero-order valence-corrected chi connectivity index (χ0v) is 11.7. The highest BCUT2D eigenvalue weighted by molar-refractivity contribution is 7.80. The van der Waals surface area contributed by atoms with Gasteiger partial charge in [0, 0.05) is 12.8 Å². The van der Waals surface area contributed by atoms with E-state index in [9.17, 15) is 4.79 Å². The molecule has 0 aromatic rings. The number of hydrogen-bond acceptors (Lipinski definition) is 2. The molecule has 0 bridgehead atoms. The molecule has 0 amide bonds. The molecular weight excluding hydrogens is 216 g/mol. The van der Waals surface area contributed by atoms with Gasteiger partial charge in [-0.05, 0) is 25.0 Å². The Hall–Kier alpha value is 0.0200. The molecule has 0 aromatic heterocycles. The Balaban J connectivity index is 3.11. The number of ketones is 1. The predicted molar refractivity (Wildman–Crippen MR) is 75.3 cm³/mol. The zero-order valence-electron chi connectivity index (χ0n) is 10.8. The number of thiol groups is 1. The van der Waals surface area contributed by atoms with Gasteiger partial charge in [0.05, 0.1) is 0 Å². The minimum Gasteiger partial charge on any atom is -0.300 e. The Labute approximate surface area is 107 Å². The third-order valence-electron chi connectivity index (χ3n) is 2.92. The van der Waals surface area contributed by atoms with E-state index >= 15 is 0 Å². The Morgan fingerprint density at radius 2 is 1.31 bits per heavy atom. The number of rotatable bonds is 12. The predicted octanol–water partition coefficient (Wildman–Crippen LogP) is 4.80. The van der Waals surface area contributed by atoms with Crippen molar-refractivity contribution in [2.45, 2.75) is 77.6 Å². The van der Waals surface area contributed by atoms with Crippen molar-refractivity contribution in [2.75, 3.05) is 5.75 Å². The van der Waals surface area contributed by atoms with Gasteiger partial charge in [0.25, 0.3) is 0 Å². The molecule has 16 heavy (non-hydrogen) atoms. The van der Waals surface area contributed by atoms with E-state index < -0.39 is 0 Å². The first-order chi connectivity index (χ1) is 7.81. The summed E-state index contributed by atoms with van der Waals surface area (Å²) in [6.07, 6.45) is 12.6. The average molecular weight is 244 g/mol. The molecule has 0 aliphatic rings. The van der Waals surface area contributed by atoms with Crippen molar-refractivity contribution in [1.29, 1.82) is 0 Å². The number of hydrogen-bond donors (Lipinski definition) is 1. The molecule has 0 radical (unpaired) electrons. The molecule has 96 valence electrons. The van der Waals surface area contributed by atoms with Crippen molar-refractivity contribution in [1.82, 2.24) is 0 Å². The van der Waals surface area contributed by atoms with Crippen molar-refractivity contribution in [3.8, 4) is 0 Å². The van der Waals surface area contributed by atoms with Crippen LogP contribution in [0.1, 0.15) is 77.6 Å². The number of carbonyl (C=O) groups excluding carboxylic acids is 1. The van der Waals surface area contributed by atoms with Crippen LogP contribution >= 0.6 is 12.6 Å². The van der Waals surface area contributed by atoms with Crippen LogP contribution in [0.25, 0.3) is 0 Å². The summed E-state index contributed by atoms with van der Waals surface area (Å²) in [6, 6.07) is 0. The third-order valence-corrected chi connectivity index (χ3v) is 3.24. The summed E-state index contributed by atoms with van der Waals surface area (Å²) < 4.78 is 0. The molecule has 0 aromatic carbocycles. The van der Waals surface area contributed by atoms with Crippen LogP contribution < -0.4 is 0 Å². The molecule has 0 N–H and O–H groups in total. The van der Waals surface area contributed by atoms with Gasteiger partial charge in [0.1, 0.15) is 5.78 Å². The standard InChI is InChI=1S/C14H28OS/c1-2-3-4-5-6-8-11-14(15)12-9-7-10-13-16/h16H,2-13H2,1H3. The lowest BCUT2D eigenvalue weighted by Crippen LogP contribution is -1.97. The molecule has 0 saturated heterocycles. The number of carbonyl (C=O) groups is 1. The molecule has 0 rings (SSSR count). The summed E-state index contributed by atoms with van der Waals surface area (Å²) in [6.45, 7) is 2.23. The van der Waals surface area contributed by atoms with Gasteiger partial charge in [-0.1, -0.05) is 45.4 Å². The monoisotopic (exact) mass is 244 g/mol. The maximum atomic E-state index is 11.5. The molecule has 0 atom stereocenters. The normalized spacial score (nSPS) is 10.6. The van der Waals surface area contributed by atoms with Crippen LogP contribution in [-0.4, -0.2) is 11.5 Å². The van der Waals surface area contributed by atoms with E-state index in [0.29, 0.717) is 5.78 Å². The zero-order chi connectivity index (χ0) is 12.1. The lowest BCUT2D eigenvalue weighted by atomic mass is 10.0. The van der Waals surface area contributed by atoms with E-state index in [0.717, 1.165) is 44.3 Å². The highest BCUT2D eigenvalue weighted by Crippen LogP contribution is 2.09. The first-order valence-electron chi connectivity index (χ1n) is 6.93. The Morgan fingerprint density at radius 1 is 0.812 bits per heavy atom. The summed E-state index contributed by atoms with van der Waals surface area (Å²) in [5.41, 5.74) is 0. The van der Waals surface area contributed by atoms with Crippen molar-refractivity contribution >= 4 is 18.4 Å². The van der Waals surface area contributed by atoms with Gasteiger partial charge in [-0.3, -0.25) is 4.79 Å². The first-order valence-corrected chi connectivity index (χ1v) is 7.57. The van der Waals surface area contributed by atoms with Gasteiger partial charge >= 0.3 is 0 Å². The number of unbranched alkanes of at least 4 members (excludes halogenated alkanes) is 7.